The van der Waals surface area contributed by atoms with Crippen LogP contribution in [0.15, 0.2) is 0 Å². The van der Waals surface area contributed by atoms with Gasteiger partial charge in [-0.05, 0) is 30.1 Å². The van der Waals surface area contributed by atoms with Crippen molar-refractivity contribution in [1.29, 1.82) is 0 Å². The Morgan fingerprint density at radius 2 is 1.50 bits per heavy atom. The highest BCUT2D eigenvalue weighted by Gasteiger charge is 2.23. The zero-order valence-corrected chi connectivity index (χ0v) is 14.0. The highest BCUT2D eigenvalue weighted by Crippen LogP contribution is 2.35. The maximum absolute atomic E-state index is 2.51. The molecular formula is C18H38. The number of hydrogen-bond donors (Lipinski definition) is 0. The minimum atomic E-state index is 0.874. The quantitative estimate of drug-likeness (QED) is 0.495. The van der Waals surface area contributed by atoms with Crippen LogP contribution in [0, 0.1) is 23.7 Å². The molecule has 0 heteroatoms. The van der Waals surface area contributed by atoms with E-state index in [4.69, 9.17) is 0 Å². The maximum atomic E-state index is 2.51. The predicted octanol–water partition coefficient (Wildman–Crippen LogP) is 6.69. The molecule has 0 aromatic carbocycles. The van der Waals surface area contributed by atoms with Gasteiger partial charge in [-0.25, -0.2) is 0 Å². The summed E-state index contributed by atoms with van der Waals surface area (Å²) in [6, 6.07) is 0. The van der Waals surface area contributed by atoms with Crippen molar-refractivity contribution < 1.29 is 0 Å². The first-order valence-electron chi connectivity index (χ1n) is 8.65. The van der Waals surface area contributed by atoms with Gasteiger partial charge in [-0.1, -0.05) is 86.5 Å². The van der Waals surface area contributed by atoms with Gasteiger partial charge in [0.15, 0.2) is 0 Å². The lowest BCUT2D eigenvalue weighted by Crippen LogP contribution is -2.21. The van der Waals surface area contributed by atoms with Gasteiger partial charge < -0.3 is 0 Å². The van der Waals surface area contributed by atoms with Crippen molar-refractivity contribution in [1.82, 2.24) is 0 Å². The molecule has 0 radical (unpaired) electrons. The summed E-state index contributed by atoms with van der Waals surface area (Å²) in [7, 11) is 0. The Morgan fingerprint density at radius 3 is 1.94 bits per heavy atom. The number of rotatable bonds is 6. The van der Waals surface area contributed by atoms with Gasteiger partial charge in [-0.3, -0.25) is 0 Å². The van der Waals surface area contributed by atoms with E-state index < -0.39 is 0 Å². The largest absolute Gasteiger partial charge is 0.0683 e. The van der Waals surface area contributed by atoms with Crippen molar-refractivity contribution in [2.24, 2.45) is 23.7 Å². The minimum Gasteiger partial charge on any atom is -0.0683 e. The van der Waals surface area contributed by atoms with Gasteiger partial charge in [0.05, 0.1) is 0 Å². The fourth-order valence-electron chi connectivity index (χ4n) is 3.73. The maximum Gasteiger partial charge on any atom is -0.0365 e. The average molecular weight is 255 g/mol. The Balaban J connectivity index is 0.00000137. The van der Waals surface area contributed by atoms with E-state index in [1.165, 1.54) is 51.4 Å². The Morgan fingerprint density at radius 1 is 0.944 bits per heavy atom. The molecule has 110 valence electrons. The first-order chi connectivity index (χ1) is 8.65. The molecular weight excluding hydrogens is 216 g/mol. The average Bonchev–Trinajstić information content (AvgIpc) is 2.39. The molecule has 1 saturated carbocycles. The molecule has 0 aromatic heterocycles. The van der Waals surface area contributed by atoms with Crippen LogP contribution in [0.4, 0.5) is 0 Å². The fraction of sp³-hybridized carbons (Fsp3) is 1.00. The molecule has 0 aliphatic heterocycles. The van der Waals surface area contributed by atoms with Crippen LogP contribution >= 0.6 is 0 Å². The second-order valence-electron chi connectivity index (χ2n) is 6.41. The van der Waals surface area contributed by atoms with Crippen LogP contribution in [-0.4, -0.2) is 0 Å². The summed E-state index contributed by atoms with van der Waals surface area (Å²) in [5.41, 5.74) is 0. The Hall–Kier alpha value is 0. The summed E-state index contributed by atoms with van der Waals surface area (Å²) in [6.45, 7) is 13.7. The molecule has 0 nitrogen and oxygen atoms in total. The molecule has 0 bridgehead atoms. The molecule has 1 rings (SSSR count). The normalized spacial score (nSPS) is 20.2. The van der Waals surface area contributed by atoms with E-state index in [9.17, 15) is 0 Å². The molecule has 0 aromatic rings. The molecule has 0 N–H and O–H groups in total. The van der Waals surface area contributed by atoms with E-state index in [1.807, 2.05) is 13.8 Å². The van der Waals surface area contributed by atoms with Crippen molar-refractivity contribution in [3.8, 4) is 0 Å². The Kier molecular flexibility index (Phi) is 10.9. The molecule has 0 saturated heterocycles. The summed E-state index contributed by atoms with van der Waals surface area (Å²) < 4.78 is 0. The lowest BCUT2D eigenvalue weighted by molar-refractivity contribution is 0.193. The van der Waals surface area contributed by atoms with Crippen molar-refractivity contribution in [3.63, 3.8) is 0 Å². The highest BCUT2D eigenvalue weighted by molar-refractivity contribution is 4.74. The molecule has 2 unspecified atom stereocenters. The third-order valence-corrected chi connectivity index (χ3v) is 4.64. The second kappa shape index (κ2) is 10.9. The molecule has 0 heterocycles. The lowest BCUT2D eigenvalue weighted by Gasteiger charge is -2.31. The zero-order valence-electron chi connectivity index (χ0n) is 14.0. The summed E-state index contributed by atoms with van der Waals surface area (Å²) >= 11 is 0. The van der Waals surface area contributed by atoms with Crippen molar-refractivity contribution in [2.45, 2.75) is 92.9 Å². The van der Waals surface area contributed by atoms with E-state index in [1.54, 1.807) is 0 Å². The van der Waals surface area contributed by atoms with E-state index in [2.05, 4.69) is 27.7 Å². The van der Waals surface area contributed by atoms with Crippen LogP contribution in [0.5, 0.6) is 0 Å². The van der Waals surface area contributed by atoms with Crippen LogP contribution in [0.2, 0.25) is 0 Å². The third-order valence-electron chi connectivity index (χ3n) is 4.64. The standard InChI is InChI=1S/C16H32.C2H6/c1-5-9-16(13(2)3)14(4)12-15-10-7-6-8-11-15;1-2/h13-16H,5-12H2,1-4H3;1-2H3. The fourth-order valence-corrected chi connectivity index (χ4v) is 3.73. The van der Waals surface area contributed by atoms with E-state index in [0.717, 1.165) is 23.7 Å². The zero-order chi connectivity index (χ0) is 14.0. The lowest BCUT2D eigenvalue weighted by atomic mass is 9.74. The summed E-state index contributed by atoms with van der Waals surface area (Å²) in [6.07, 6.45) is 11.8. The number of hydrogen-bond acceptors (Lipinski definition) is 0. The Labute approximate surface area is 117 Å². The minimum absolute atomic E-state index is 0.874. The van der Waals surface area contributed by atoms with Gasteiger partial charge in [0.2, 0.25) is 0 Å². The van der Waals surface area contributed by atoms with Crippen molar-refractivity contribution >= 4 is 0 Å². The van der Waals surface area contributed by atoms with Crippen LogP contribution in [0.3, 0.4) is 0 Å². The van der Waals surface area contributed by atoms with Crippen molar-refractivity contribution in [2.75, 3.05) is 0 Å². The predicted molar refractivity (Wildman–Crippen MR) is 84.9 cm³/mol. The van der Waals surface area contributed by atoms with Gasteiger partial charge in [-0.2, -0.15) is 0 Å². The van der Waals surface area contributed by atoms with E-state index in [-0.39, 0.29) is 0 Å². The molecule has 1 aliphatic rings. The highest BCUT2D eigenvalue weighted by atomic mass is 14.3. The van der Waals surface area contributed by atoms with Crippen LogP contribution < -0.4 is 0 Å². The SMILES string of the molecule is CC.CCCC(C(C)C)C(C)CC1CCCCC1. The molecule has 18 heavy (non-hydrogen) atoms. The summed E-state index contributed by atoms with van der Waals surface area (Å²) in [5, 5.41) is 0. The van der Waals surface area contributed by atoms with Gasteiger partial charge in [-0.15, -0.1) is 0 Å². The Bertz CT molecular complexity index is 165. The van der Waals surface area contributed by atoms with Crippen LogP contribution in [0.1, 0.15) is 92.9 Å². The van der Waals surface area contributed by atoms with Gasteiger partial charge in [0.1, 0.15) is 0 Å². The first kappa shape index (κ1) is 18.0. The second-order valence-corrected chi connectivity index (χ2v) is 6.41. The molecule has 0 spiro atoms. The molecule has 1 fully saturated rings. The van der Waals surface area contributed by atoms with Crippen LogP contribution in [-0.2, 0) is 0 Å². The van der Waals surface area contributed by atoms with Crippen LogP contribution in [0.25, 0.3) is 0 Å². The first-order valence-corrected chi connectivity index (χ1v) is 8.65. The summed E-state index contributed by atoms with van der Waals surface area (Å²) in [5.74, 6) is 3.84. The smallest absolute Gasteiger partial charge is 0.0365 e. The van der Waals surface area contributed by atoms with E-state index >= 15 is 0 Å². The van der Waals surface area contributed by atoms with E-state index in [0.29, 0.717) is 0 Å². The molecule has 1 aliphatic carbocycles. The summed E-state index contributed by atoms with van der Waals surface area (Å²) in [4.78, 5) is 0. The van der Waals surface area contributed by atoms with Gasteiger partial charge in [0, 0.05) is 0 Å². The van der Waals surface area contributed by atoms with Gasteiger partial charge in [0.25, 0.3) is 0 Å². The monoisotopic (exact) mass is 254 g/mol. The van der Waals surface area contributed by atoms with Crippen molar-refractivity contribution in [3.05, 3.63) is 0 Å². The molecule has 2 atom stereocenters. The molecule has 0 amide bonds. The topological polar surface area (TPSA) is 0 Å². The van der Waals surface area contributed by atoms with Gasteiger partial charge >= 0.3 is 0 Å². The third kappa shape index (κ3) is 6.81.